The van der Waals surface area contributed by atoms with Crippen molar-refractivity contribution in [3.05, 3.63) is 35.7 Å². The van der Waals surface area contributed by atoms with Gasteiger partial charge in [0.25, 0.3) is 0 Å². The van der Waals surface area contributed by atoms with Gasteiger partial charge >= 0.3 is 5.97 Å². The molecule has 0 spiro atoms. The maximum absolute atomic E-state index is 12.2. The molecule has 0 aliphatic carbocycles. The molecule has 1 amide bonds. The summed E-state index contributed by atoms with van der Waals surface area (Å²) in [6.45, 7) is 6.42. The molecule has 0 unspecified atom stereocenters. The first-order valence-corrected chi connectivity index (χ1v) is 9.99. The van der Waals surface area contributed by atoms with Crippen LogP contribution in [0.15, 0.2) is 29.4 Å². The van der Waals surface area contributed by atoms with Crippen molar-refractivity contribution in [3.63, 3.8) is 0 Å². The van der Waals surface area contributed by atoms with Crippen LogP contribution in [0.5, 0.6) is 0 Å². The molecule has 8 heteroatoms. The zero-order chi connectivity index (χ0) is 19.8. The van der Waals surface area contributed by atoms with E-state index >= 15 is 0 Å². The van der Waals surface area contributed by atoms with Crippen LogP contribution in [0.2, 0.25) is 0 Å². The summed E-state index contributed by atoms with van der Waals surface area (Å²) in [5.41, 5.74) is 2.03. The molecule has 0 saturated carbocycles. The van der Waals surface area contributed by atoms with Crippen LogP contribution in [-0.2, 0) is 27.8 Å². The number of aromatic nitrogens is 3. The molecule has 2 rings (SSSR count). The van der Waals surface area contributed by atoms with Crippen LogP contribution in [0.4, 0.5) is 5.69 Å². The molecule has 7 nitrogen and oxygen atoms in total. The van der Waals surface area contributed by atoms with E-state index in [1.807, 2.05) is 24.3 Å². The number of benzene rings is 1. The number of carbonyl (C=O) groups is 2. The minimum absolute atomic E-state index is 0.0621. The summed E-state index contributed by atoms with van der Waals surface area (Å²) in [7, 11) is 1.77. The highest BCUT2D eigenvalue weighted by atomic mass is 32.2. The van der Waals surface area contributed by atoms with Crippen molar-refractivity contribution in [2.75, 3.05) is 17.7 Å². The molecule has 1 heterocycles. The normalized spacial score (nSPS) is 11.9. The highest BCUT2D eigenvalue weighted by molar-refractivity contribution is 7.99. The molecule has 0 aliphatic rings. The second-order valence-electron chi connectivity index (χ2n) is 6.21. The molecule has 1 aromatic carbocycles. The maximum atomic E-state index is 12.2. The average Bonchev–Trinajstić information content (AvgIpc) is 3.00. The lowest BCUT2D eigenvalue weighted by Gasteiger charge is -2.10. The van der Waals surface area contributed by atoms with Crippen molar-refractivity contribution in [1.82, 2.24) is 14.8 Å². The predicted molar refractivity (Wildman–Crippen MR) is 106 cm³/mol. The molecule has 0 fully saturated rings. The Morgan fingerprint density at radius 3 is 2.56 bits per heavy atom. The zero-order valence-corrected chi connectivity index (χ0v) is 17.0. The van der Waals surface area contributed by atoms with E-state index in [0.717, 1.165) is 12.1 Å². The summed E-state index contributed by atoms with van der Waals surface area (Å²) >= 11 is 1.27. The SMILES string of the molecule is CCOC(=O)Cc1nnc(SCC(=O)Nc2ccc([C@@H](C)CC)cc2)n1C. The summed E-state index contributed by atoms with van der Waals surface area (Å²) in [6, 6.07) is 7.93. The number of hydrogen-bond donors (Lipinski definition) is 1. The smallest absolute Gasteiger partial charge is 0.313 e. The lowest BCUT2D eigenvalue weighted by molar-refractivity contribution is -0.142. The van der Waals surface area contributed by atoms with Crippen LogP contribution < -0.4 is 5.32 Å². The van der Waals surface area contributed by atoms with Gasteiger partial charge in [0.05, 0.1) is 12.4 Å². The Morgan fingerprint density at radius 1 is 1.22 bits per heavy atom. The predicted octanol–water partition coefficient (Wildman–Crippen LogP) is 3.17. The van der Waals surface area contributed by atoms with Gasteiger partial charge in [-0.1, -0.05) is 37.7 Å². The van der Waals surface area contributed by atoms with E-state index in [1.165, 1.54) is 17.3 Å². The third-order valence-electron chi connectivity index (χ3n) is 4.24. The van der Waals surface area contributed by atoms with Crippen LogP contribution in [0, 0.1) is 0 Å². The average molecular weight is 391 g/mol. The summed E-state index contributed by atoms with van der Waals surface area (Å²) in [4.78, 5) is 23.7. The van der Waals surface area contributed by atoms with Gasteiger partial charge in [-0.3, -0.25) is 9.59 Å². The Hall–Kier alpha value is -2.35. The molecular formula is C19H26N4O3S. The summed E-state index contributed by atoms with van der Waals surface area (Å²) in [5.74, 6) is 0.759. The fourth-order valence-corrected chi connectivity index (χ4v) is 3.15. The van der Waals surface area contributed by atoms with Crippen molar-refractivity contribution >= 4 is 29.3 Å². The van der Waals surface area contributed by atoms with Crippen molar-refractivity contribution in [2.45, 2.75) is 44.7 Å². The van der Waals surface area contributed by atoms with Gasteiger partial charge in [-0.2, -0.15) is 0 Å². The number of anilines is 1. The number of carbonyl (C=O) groups excluding carboxylic acids is 2. The molecule has 1 aromatic heterocycles. The van der Waals surface area contributed by atoms with E-state index in [2.05, 4.69) is 29.4 Å². The maximum Gasteiger partial charge on any atom is 0.313 e. The lowest BCUT2D eigenvalue weighted by atomic mass is 9.99. The van der Waals surface area contributed by atoms with Crippen molar-refractivity contribution in [2.24, 2.45) is 7.05 Å². The number of nitrogens with zero attached hydrogens (tertiary/aromatic N) is 3. The van der Waals surface area contributed by atoms with Gasteiger partial charge in [-0.25, -0.2) is 0 Å². The summed E-state index contributed by atoms with van der Waals surface area (Å²) < 4.78 is 6.62. The fraction of sp³-hybridized carbons (Fsp3) is 0.474. The largest absolute Gasteiger partial charge is 0.466 e. The van der Waals surface area contributed by atoms with Crippen molar-refractivity contribution in [1.29, 1.82) is 0 Å². The van der Waals surface area contributed by atoms with Gasteiger partial charge in [-0.05, 0) is 37.0 Å². The van der Waals surface area contributed by atoms with E-state index in [4.69, 9.17) is 4.74 Å². The first-order valence-electron chi connectivity index (χ1n) is 9.01. The summed E-state index contributed by atoms with van der Waals surface area (Å²) in [5, 5.41) is 11.5. The van der Waals surface area contributed by atoms with Crippen LogP contribution in [-0.4, -0.2) is 39.0 Å². The number of nitrogens with one attached hydrogen (secondary N) is 1. The Morgan fingerprint density at radius 2 is 1.93 bits per heavy atom. The number of rotatable bonds is 9. The molecule has 0 radical (unpaired) electrons. The molecular weight excluding hydrogens is 364 g/mol. The van der Waals surface area contributed by atoms with Crippen LogP contribution in [0.25, 0.3) is 0 Å². The van der Waals surface area contributed by atoms with Gasteiger partial charge in [0, 0.05) is 12.7 Å². The van der Waals surface area contributed by atoms with Gasteiger partial charge in [0.2, 0.25) is 5.91 Å². The number of amides is 1. The van der Waals surface area contributed by atoms with E-state index in [0.29, 0.717) is 23.5 Å². The highest BCUT2D eigenvalue weighted by Gasteiger charge is 2.15. The first-order chi connectivity index (χ1) is 12.9. The van der Waals surface area contributed by atoms with Crippen LogP contribution in [0.3, 0.4) is 0 Å². The first kappa shape index (κ1) is 21.0. The Labute approximate surface area is 163 Å². The van der Waals surface area contributed by atoms with E-state index in [-0.39, 0.29) is 24.1 Å². The fourth-order valence-electron chi connectivity index (χ4n) is 2.42. The Bertz CT molecular complexity index is 774. The summed E-state index contributed by atoms with van der Waals surface area (Å²) in [6.07, 6.45) is 1.14. The van der Waals surface area contributed by atoms with Crippen LogP contribution >= 0.6 is 11.8 Å². The third-order valence-corrected chi connectivity index (χ3v) is 5.26. The minimum Gasteiger partial charge on any atom is -0.466 e. The number of ether oxygens (including phenoxy) is 1. The zero-order valence-electron chi connectivity index (χ0n) is 16.2. The topological polar surface area (TPSA) is 86.1 Å². The highest BCUT2D eigenvalue weighted by Crippen LogP contribution is 2.21. The third kappa shape index (κ3) is 6.09. The van der Waals surface area contributed by atoms with Crippen molar-refractivity contribution in [3.8, 4) is 0 Å². The standard InChI is InChI=1S/C19H26N4O3S/c1-5-13(3)14-7-9-15(10-8-14)20-17(24)12-27-19-22-21-16(23(19)4)11-18(25)26-6-2/h7-10,13H,5-6,11-12H2,1-4H3,(H,20,24)/t13-/m0/s1. The Kier molecular flexibility index (Phi) is 7.84. The number of hydrogen-bond acceptors (Lipinski definition) is 6. The van der Waals surface area contributed by atoms with E-state index in [1.54, 1.807) is 18.5 Å². The lowest BCUT2D eigenvalue weighted by Crippen LogP contribution is -2.15. The van der Waals surface area contributed by atoms with Gasteiger partial charge in [-0.15, -0.1) is 10.2 Å². The number of thioether (sulfide) groups is 1. The Balaban J connectivity index is 1.87. The van der Waals surface area contributed by atoms with Gasteiger partial charge in [0.15, 0.2) is 5.16 Å². The molecule has 2 aromatic rings. The van der Waals surface area contributed by atoms with Crippen LogP contribution in [0.1, 0.15) is 44.5 Å². The molecule has 1 N–H and O–H groups in total. The van der Waals surface area contributed by atoms with Gasteiger partial charge in [0.1, 0.15) is 12.2 Å². The monoisotopic (exact) mass is 390 g/mol. The molecule has 0 aliphatic heterocycles. The quantitative estimate of drug-likeness (QED) is 0.523. The van der Waals surface area contributed by atoms with Gasteiger partial charge < -0.3 is 14.6 Å². The molecule has 1 atom stereocenters. The minimum atomic E-state index is -0.344. The number of esters is 1. The molecule has 27 heavy (non-hydrogen) atoms. The molecule has 0 bridgehead atoms. The second-order valence-corrected chi connectivity index (χ2v) is 7.15. The van der Waals surface area contributed by atoms with E-state index < -0.39 is 0 Å². The second kappa shape index (κ2) is 10.1. The van der Waals surface area contributed by atoms with Crippen molar-refractivity contribution < 1.29 is 14.3 Å². The van der Waals surface area contributed by atoms with E-state index in [9.17, 15) is 9.59 Å². The molecule has 146 valence electrons. The molecule has 0 saturated heterocycles.